The van der Waals surface area contributed by atoms with Gasteiger partial charge in [0.05, 0.1) is 17.9 Å². The molecule has 4 heteroatoms. The van der Waals surface area contributed by atoms with Gasteiger partial charge in [0.2, 0.25) is 0 Å². The summed E-state index contributed by atoms with van der Waals surface area (Å²) in [5, 5.41) is 6.97. The normalized spacial score (nSPS) is 11.7. The number of nitrogens with zero attached hydrogens (tertiary/aromatic N) is 1. The standard InChI is InChI=1S/C15H17N3S/c1-11-5-7-13(8-6-11)12(2)17-15(19)18-14-4-3-9-16-10-14/h3-10,12H,1-2H3,(H2,17,18,19)/t12-/m1/s1. The zero-order valence-electron chi connectivity index (χ0n) is 11.1. The molecule has 0 unspecified atom stereocenters. The van der Waals surface area contributed by atoms with Crippen LogP contribution < -0.4 is 10.6 Å². The molecule has 0 spiro atoms. The smallest absolute Gasteiger partial charge is 0.171 e. The first-order valence-corrected chi connectivity index (χ1v) is 6.60. The van der Waals surface area contributed by atoms with E-state index in [1.54, 1.807) is 12.4 Å². The van der Waals surface area contributed by atoms with Crippen LogP contribution >= 0.6 is 12.2 Å². The third-order valence-electron chi connectivity index (χ3n) is 2.84. The second-order valence-corrected chi connectivity index (χ2v) is 4.88. The molecule has 0 fully saturated rings. The molecule has 0 amide bonds. The van der Waals surface area contributed by atoms with Crippen molar-refractivity contribution in [3.05, 3.63) is 59.9 Å². The van der Waals surface area contributed by atoms with Gasteiger partial charge in [0.25, 0.3) is 0 Å². The van der Waals surface area contributed by atoms with Gasteiger partial charge in [-0.05, 0) is 43.8 Å². The number of hydrogen-bond acceptors (Lipinski definition) is 2. The molecule has 0 aliphatic rings. The van der Waals surface area contributed by atoms with Crippen molar-refractivity contribution < 1.29 is 0 Å². The predicted octanol–water partition coefficient (Wildman–Crippen LogP) is 3.44. The average Bonchev–Trinajstić information content (AvgIpc) is 2.40. The SMILES string of the molecule is Cc1ccc([C@@H](C)NC(=S)Nc2cccnc2)cc1. The van der Waals surface area contributed by atoms with E-state index in [2.05, 4.69) is 53.7 Å². The molecule has 0 aliphatic heterocycles. The summed E-state index contributed by atoms with van der Waals surface area (Å²) in [6.45, 7) is 4.17. The van der Waals surface area contributed by atoms with Gasteiger partial charge in [0.1, 0.15) is 0 Å². The number of pyridine rings is 1. The number of rotatable bonds is 3. The molecule has 1 aromatic carbocycles. The van der Waals surface area contributed by atoms with E-state index in [1.807, 2.05) is 12.1 Å². The first-order chi connectivity index (χ1) is 9.15. The van der Waals surface area contributed by atoms with E-state index in [-0.39, 0.29) is 6.04 Å². The topological polar surface area (TPSA) is 37.0 Å². The number of aromatic nitrogens is 1. The number of thiocarbonyl (C=S) groups is 1. The van der Waals surface area contributed by atoms with Gasteiger partial charge in [-0.15, -0.1) is 0 Å². The quantitative estimate of drug-likeness (QED) is 0.839. The highest BCUT2D eigenvalue weighted by Crippen LogP contribution is 2.13. The molecular weight excluding hydrogens is 254 g/mol. The van der Waals surface area contributed by atoms with Crippen molar-refractivity contribution in [3.63, 3.8) is 0 Å². The second kappa shape index (κ2) is 6.29. The van der Waals surface area contributed by atoms with E-state index < -0.39 is 0 Å². The van der Waals surface area contributed by atoms with Crippen molar-refractivity contribution in [2.24, 2.45) is 0 Å². The molecule has 0 saturated carbocycles. The molecule has 0 aliphatic carbocycles. The molecular formula is C15H17N3S. The molecule has 2 aromatic rings. The Kier molecular flexibility index (Phi) is 4.47. The molecule has 3 nitrogen and oxygen atoms in total. The summed E-state index contributed by atoms with van der Waals surface area (Å²) in [6, 6.07) is 12.4. The van der Waals surface area contributed by atoms with Crippen molar-refractivity contribution in [1.29, 1.82) is 0 Å². The van der Waals surface area contributed by atoms with Gasteiger partial charge in [-0.1, -0.05) is 29.8 Å². The molecule has 98 valence electrons. The first kappa shape index (κ1) is 13.5. The van der Waals surface area contributed by atoms with Crippen LogP contribution in [-0.4, -0.2) is 10.1 Å². The Morgan fingerprint density at radius 2 is 1.95 bits per heavy atom. The average molecular weight is 271 g/mol. The van der Waals surface area contributed by atoms with E-state index >= 15 is 0 Å². The van der Waals surface area contributed by atoms with E-state index in [0.717, 1.165) is 5.69 Å². The minimum atomic E-state index is 0.164. The lowest BCUT2D eigenvalue weighted by molar-refractivity contribution is 0.722. The van der Waals surface area contributed by atoms with E-state index in [9.17, 15) is 0 Å². The van der Waals surface area contributed by atoms with Crippen LogP contribution in [0.25, 0.3) is 0 Å². The Bertz CT molecular complexity index is 537. The summed E-state index contributed by atoms with van der Waals surface area (Å²) in [7, 11) is 0. The van der Waals surface area contributed by atoms with Crippen LogP contribution in [0, 0.1) is 6.92 Å². The maximum Gasteiger partial charge on any atom is 0.171 e. The lowest BCUT2D eigenvalue weighted by Crippen LogP contribution is -2.30. The summed E-state index contributed by atoms with van der Waals surface area (Å²) in [6.07, 6.45) is 3.47. The molecule has 2 N–H and O–H groups in total. The maximum absolute atomic E-state index is 5.29. The highest BCUT2D eigenvalue weighted by Gasteiger charge is 2.06. The minimum absolute atomic E-state index is 0.164. The molecule has 0 radical (unpaired) electrons. The molecule has 0 saturated heterocycles. The third-order valence-corrected chi connectivity index (χ3v) is 3.06. The van der Waals surface area contributed by atoms with Gasteiger partial charge in [-0.2, -0.15) is 0 Å². The van der Waals surface area contributed by atoms with E-state index in [1.165, 1.54) is 11.1 Å². The van der Waals surface area contributed by atoms with Crippen LogP contribution in [0.1, 0.15) is 24.1 Å². The summed E-state index contributed by atoms with van der Waals surface area (Å²) < 4.78 is 0. The van der Waals surface area contributed by atoms with Gasteiger partial charge in [-0.25, -0.2) is 0 Å². The Labute approximate surface area is 119 Å². The fraction of sp³-hybridized carbons (Fsp3) is 0.200. The Hall–Kier alpha value is -1.94. The lowest BCUT2D eigenvalue weighted by Gasteiger charge is -2.17. The van der Waals surface area contributed by atoms with Crippen LogP contribution in [0.3, 0.4) is 0 Å². The highest BCUT2D eigenvalue weighted by atomic mass is 32.1. The van der Waals surface area contributed by atoms with Crippen molar-refractivity contribution in [3.8, 4) is 0 Å². The molecule has 1 heterocycles. The Morgan fingerprint density at radius 1 is 1.21 bits per heavy atom. The van der Waals surface area contributed by atoms with E-state index in [4.69, 9.17) is 12.2 Å². The Balaban J connectivity index is 1.93. The summed E-state index contributed by atoms with van der Waals surface area (Å²) in [5.74, 6) is 0. The van der Waals surface area contributed by atoms with Crippen LogP contribution in [0.5, 0.6) is 0 Å². The summed E-state index contributed by atoms with van der Waals surface area (Å²) in [5.41, 5.74) is 3.35. The van der Waals surface area contributed by atoms with Gasteiger partial charge >= 0.3 is 0 Å². The fourth-order valence-corrected chi connectivity index (χ4v) is 2.03. The van der Waals surface area contributed by atoms with Crippen molar-refractivity contribution in [2.75, 3.05) is 5.32 Å². The molecule has 2 rings (SSSR count). The van der Waals surface area contributed by atoms with Gasteiger partial charge in [-0.3, -0.25) is 4.98 Å². The minimum Gasteiger partial charge on any atom is -0.356 e. The second-order valence-electron chi connectivity index (χ2n) is 4.47. The molecule has 0 bridgehead atoms. The van der Waals surface area contributed by atoms with Crippen LogP contribution in [0.15, 0.2) is 48.8 Å². The monoisotopic (exact) mass is 271 g/mol. The van der Waals surface area contributed by atoms with Gasteiger partial charge in [0, 0.05) is 6.20 Å². The van der Waals surface area contributed by atoms with Crippen LogP contribution in [-0.2, 0) is 0 Å². The number of anilines is 1. The zero-order chi connectivity index (χ0) is 13.7. The molecule has 1 atom stereocenters. The van der Waals surface area contributed by atoms with Gasteiger partial charge in [0.15, 0.2) is 5.11 Å². The van der Waals surface area contributed by atoms with Crippen molar-refractivity contribution >= 4 is 23.0 Å². The Morgan fingerprint density at radius 3 is 2.58 bits per heavy atom. The summed E-state index contributed by atoms with van der Waals surface area (Å²) >= 11 is 5.29. The van der Waals surface area contributed by atoms with Gasteiger partial charge < -0.3 is 10.6 Å². The summed E-state index contributed by atoms with van der Waals surface area (Å²) in [4.78, 5) is 4.03. The number of hydrogen-bond donors (Lipinski definition) is 2. The third kappa shape index (κ3) is 4.03. The largest absolute Gasteiger partial charge is 0.356 e. The number of aryl methyl sites for hydroxylation is 1. The first-order valence-electron chi connectivity index (χ1n) is 6.19. The van der Waals surface area contributed by atoms with E-state index in [0.29, 0.717) is 5.11 Å². The lowest BCUT2D eigenvalue weighted by atomic mass is 10.1. The van der Waals surface area contributed by atoms with Crippen molar-refractivity contribution in [1.82, 2.24) is 10.3 Å². The number of nitrogens with one attached hydrogen (secondary N) is 2. The van der Waals surface area contributed by atoms with Crippen LogP contribution in [0.2, 0.25) is 0 Å². The van der Waals surface area contributed by atoms with Crippen LogP contribution in [0.4, 0.5) is 5.69 Å². The molecule has 19 heavy (non-hydrogen) atoms. The zero-order valence-corrected chi connectivity index (χ0v) is 11.9. The predicted molar refractivity (Wildman–Crippen MR) is 83.2 cm³/mol. The van der Waals surface area contributed by atoms with Crippen molar-refractivity contribution in [2.45, 2.75) is 19.9 Å². The molecule has 1 aromatic heterocycles. The fourth-order valence-electron chi connectivity index (χ4n) is 1.74. The maximum atomic E-state index is 5.29. The highest BCUT2D eigenvalue weighted by molar-refractivity contribution is 7.80. The number of benzene rings is 1.